The first-order valence-electron chi connectivity index (χ1n) is 6.46. The van der Waals surface area contributed by atoms with Gasteiger partial charge in [-0.2, -0.15) is 0 Å². The average Bonchev–Trinajstić information content (AvgIpc) is 2.87. The molecule has 106 valence electrons. The summed E-state index contributed by atoms with van der Waals surface area (Å²) in [7, 11) is -3.17. The molecule has 0 saturated heterocycles. The highest BCUT2D eigenvalue weighted by Gasteiger charge is 2.34. The van der Waals surface area contributed by atoms with Crippen LogP contribution in [0.3, 0.4) is 0 Å². The molecule has 6 heteroatoms. The van der Waals surface area contributed by atoms with Crippen molar-refractivity contribution < 1.29 is 12.9 Å². The number of hydrogen-bond acceptors (Lipinski definition) is 5. The Morgan fingerprint density at radius 3 is 2.80 bits per heavy atom. The minimum atomic E-state index is -3.17. The van der Waals surface area contributed by atoms with Gasteiger partial charge in [0.25, 0.3) is 0 Å². The third kappa shape index (κ3) is 2.14. The molecule has 1 atom stereocenters. The molecule has 1 unspecified atom stereocenters. The Balaban J connectivity index is 1.84. The predicted octanol–water partition coefficient (Wildman–Crippen LogP) is 1.91. The van der Waals surface area contributed by atoms with E-state index in [-0.39, 0.29) is 11.8 Å². The maximum absolute atomic E-state index is 12.1. The van der Waals surface area contributed by atoms with Gasteiger partial charge in [-0.15, -0.1) is 0 Å². The molecule has 0 bridgehead atoms. The highest BCUT2D eigenvalue weighted by molar-refractivity contribution is 7.91. The van der Waals surface area contributed by atoms with E-state index in [0.29, 0.717) is 11.4 Å². The van der Waals surface area contributed by atoms with Crippen molar-refractivity contribution in [3.63, 3.8) is 0 Å². The van der Waals surface area contributed by atoms with Crippen molar-refractivity contribution in [2.45, 2.75) is 31.3 Å². The number of benzene rings is 1. The van der Waals surface area contributed by atoms with Gasteiger partial charge in [-0.1, -0.05) is 23.4 Å². The Kier molecular flexibility index (Phi) is 3.14. The zero-order valence-electron chi connectivity index (χ0n) is 11.4. The summed E-state index contributed by atoms with van der Waals surface area (Å²) in [4.78, 5) is 0.441. The van der Waals surface area contributed by atoms with Crippen molar-refractivity contribution in [3.8, 4) is 0 Å². The van der Waals surface area contributed by atoms with Gasteiger partial charge in [-0.05, 0) is 25.5 Å². The Labute approximate surface area is 117 Å². The molecule has 0 saturated carbocycles. The van der Waals surface area contributed by atoms with Gasteiger partial charge < -0.3 is 9.84 Å². The Bertz CT molecular complexity index is 730. The zero-order valence-corrected chi connectivity index (χ0v) is 12.2. The van der Waals surface area contributed by atoms with Gasteiger partial charge >= 0.3 is 0 Å². The van der Waals surface area contributed by atoms with Crippen LogP contribution in [0.4, 0.5) is 0 Å². The highest BCUT2D eigenvalue weighted by atomic mass is 32.2. The molecule has 1 aliphatic rings. The van der Waals surface area contributed by atoms with Gasteiger partial charge in [-0.25, -0.2) is 8.42 Å². The number of aromatic nitrogens is 1. The van der Waals surface area contributed by atoms with Crippen molar-refractivity contribution in [1.29, 1.82) is 0 Å². The van der Waals surface area contributed by atoms with E-state index in [2.05, 4.69) is 10.5 Å². The van der Waals surface area contributed by atoms with Crippen LogP contribution in [0.1, 0.15) is 28.6 Å². The minimum Gasteiger partial charge on any atom is -0.361 e. The van der Waals surface area contributed by atoms with Gasteiger partial charge in [0.2, 0.25) is 0 Å². The van der Waals surface area contributed by atoms with Crippen molar-refractivity contribution in [2.75, 3.05) is 5.75 Å². The molecule has 1 N–H and O–H groups in total. The predicted molar refractivity (Wildman–Crippen MR) is 74.1 cm³/mol. The standard InChI is InChI=1S/C14H16N2O3S/c1-9-12(10(2)19-16-9)7-15-13-8-20(17,18)14-6-4-3-5-11(13)14/h3-6,13,15H,7-8H2,1-2H3. The van der Waals surface area contributed by atoms with Crippen LogP contribution in [0, 0.1) is 13.8 Å². The van der Waals surface area contributed by atoms with Crippen LogP contribution in [-0.4, -0.2) is 19.3 Å². The second kappa shape index (κ2) is 4.71. The number of fused-ring (bicyclic) bond motifs is 1. The van der Waals surface area contributed by atoms with Crippen molar-refractivity contribution in [1.82, 2.24) is 10.5 Å². The topological polar surface area (TPSA) is 72.2 Å². The van der Waals surface area contributed by atoms with Crippen LogP contribution >= 0.6 is 0 Å². The lowest BCUT2D eigenvalue weighted by Crippen LogP contribution is -2.22. The molecule has 2 heterocycles. The summed E-state index contributed by atoms with van der Waals surface area (Å²) < 4.78 is 29.3. The Morgan fingerprint density at radius 2 is 2.10 bits per heavy atom. The SMILES string of the molecule is Cc1noc(C)c1CNC1CS(=O)(=O)c2ccccc21. The summed E-state index contributed by atoms with van der Waals surface area (Å²) in [5, 5.41) is 7.20. The summed E-state index contributed by atoms with van der Waals surface area (Å²) in [6.45, 7) is 4.29. The Morgan fingerprint density at radius 1 is 1.35 bits per heavy atom. The van der Waals surface area contributed by atoms with Crippen molar-refractivity contribution in [3.05, 3.63) is 46.8 Å². The van der Waals surface area contributed by atoms with Gasteiger partial charge in [-0.3, -0.25) is 0 Å². The van der Waals surface area contributed by atoms with E-state index in [1.807, 2.05) is 26.0 Å². The van der Waals surface area contributed by atoms with E-state index in [4.69, 9.17) is 4.52 Å². The molecule has 3 rings (SSSR count). The molecule has 1 aromatic carbocycles. The summed E-state index contributed by atoms with van der Waals surface area (Å²) in [5.41, 5.74) is 2.68. The third-order valence-electron chi connectivity index (χ3n) is 3.72. The molecule has 2 aromatic rings. The average molecular weight is 292 g/mol. The number of hydrogen-bond donors (Lipinski definition) is 1. The molecule has 0 fully saturated rings. The first-order valence-corrected chi connectivity index (χ1v) is 8.11. The largest absolute Gasteiger partial charge is 0.361 e. The van der Waals surface area contributed by atoms with Crippen molar-refractivity contribution in [2.24, 2.45) is 0 Å². The lowest BCUT2D eigenvalue weighted by atomic mass is 10.1. The molecule has 5 nitrogen and oxygen atoms in total. The van der Waals surface area contributed by atoms with Gasteiger partial charge in [0, 0.05) is 18.2 Å². The fraction of sp³-hybridized carbons (Fsp3) is 0.357. The molecule has 0 radical (unpaired) electrons. The molecular weight excluding hydrogens is 276 g/mol. The number of rotatable bonds is 3. The fourth-order valence-corrected chi connectivity index (χ4v) is 4.37. The number of aryl methyl sites for hydroxylation is 2. The van der Waals surface area contributed by atoms with Gasteiger partial charge in [0.15, 0.2) is 9.84 Å². The first-order chi connectivity index (χ1) is 9.49. The molecular formula is C14H16N2O3S. The monoisotopic (exact) mass is 292 g/mol. The quantitative estimate of drug-likeness (QED) is 0.935. The van der Waals surface area contributed by atoms with Crippen LogP contribution in [0.25, 0.3) is 0 Å². The second-order valence-corrected chi connectivity index (χ2v) is 7.06. The third-order valence-corrected chi connectivity index (χ3v) is 5.54. The summed E-state index contributed by atoms with van der Waals surface area (Å²) in [6, 6.07) is 6.98. The maximum atomic E-state index is 12.1. The van der Waals surface area contributed by atoms with Crippen LogP contribution < -0.4 is 5.32 Å². The van der Waals surface area contributed by atoms with Gasteiger partial charge in [0.1, 0.15) is 5.76 Å². The van der Waals surface area contributed by atoms with Crippen LogP contribution in [-0.2, 0) is 16.4 Å². The number of nitrogens with one attached hydrogen (secondary N) is 1. The molecule has 0 amide bonds. The number of nitrogens with zero attached hydrogens (tertiary/aromatic N) is 1. The lowest BCUT2D eigenvalue weighted by Gasteiger charge is -2.12. The summed E-state index contributed by atoms with van der Waals surface area (Å²) >= 11 is 0. The smallest absolute Gasteiger partial charge is 0.180 e. The minimum absolute atomic E-state index is 0.107. The van der Waals surface area contributed by atoms with E-state index < -0.39 is 9.84 Å². The molecule has 0 spiro atoms. The van der Waals surface area contributed by atoms with Gasteiger partial charge in [0.05, 0.1) is 16.3 Å². The van der Waals surface area contributed by atoms with E-state index in [1.165, 1.54) is 0 Å². The fourth-order valence-electron chi connectivity index (χ4n) is 2.60. The normalized spacial score (nSPS) is 20.0. The molecule has 20 heavy (non-hydrogen) atoms. The maximum Gasteiger partial charge on any atom is 0.180 e. The molecule has 1 aliphatic heterocycles. The van der Waals surface area contributed by atoms with E-state index in [9.17, 15) is 8.42 Å². The second-order valence-electron chi connectivity index (χ2n) is 5.06. The summed E-state index contributed by atoms with van der Waals surface area (Å²) in [6.07, 6.45) is 0. The van der Waals surface area contributed by atoms with Crippen molar-refractivity contribution >= 4 is 9.84 Å². The lowest BCUT2D eigenvalue weighted by molar-refractivity contribution is 0.391. The zero-order chi connectivity index (χ0) is 14.3. The van der Waals surface area contributed by atoms with Crippen LogP contribution in [0.15, 0.2) is 33.7 Å². The van der Waals surface area contributed by atoms with Crippen LogP contribution in [0.2, 0.25) is 0 Å². The van der Waals surface area contributed by atoms with E-state index >= 15 is 0 Å². The van der Waals surface area contributed by atoms with E-state index in [1.54, 1.807) is 12.1 Å². The first kappa shape index (κ1) is 13.3. The Hall–Kier alpha value is -1.66. The number of sulfone groups is 1. The molecule has 1 aromatic heterocycles. The van der Waals surface area contributed by atoms with E-state index in [0.717, 1.165) is 22.6 Å². The highest BCUT2D eigenvalue weighted by Crippen LogP contribution is 2.33. The van der Waals surface area contributed by atoms with Crippen LogP contribution in [0.5, 0.6) is 0 Å². The summed E-state index contributed by atoms with van der Waals surface area (Å²) in [5.74, 6) is 0.875. The molecule has 0 aliphatic carbocycles.